The number of aliphatic hydroxyl groups is 8. The van der Waals surface area contributed by atoms with Gasteiger partial charge in [0.15, 0.2) is 23.9 Å². The van der Waals surface area contributed by atoms with E-state index in [9.17, 15) is 55.9 Å². The summed E-state index contributed by atoms with van der Waals surface area (Å²) in [5.41, 5.74) is 0.546. The van der Waals surface area contributed by atoms with Crippen LogP contribution in [0, 0.1) is 0 Å². The van der Waals surface area contributed by atoms with E-state index in [0.29, 0.717) is 5.56 Å². The number of rotatable bonds is 11. The Kier molecular flexibility index (Phi) is 10.4. The molecule has 1 fully saturated rings. The third-order valence-corrected chi connectivity index (χ3v) is 5.39. The SMILES string of the molecule is O=C(NCCc1ccc(O)c(O)c1)[C@H](O)[C@@H](O)[C@H](O[C@@H]1O[C@H](CO)[C@H](O)[C@H](O)[C@H]1O)[C@H](O)CO. The fourth-order valence-electron chi connectivity index (χ4n) is 3.33. The molecule has 11 N–H and O–H groups in total. The van der Waals surface area contributed by atoms with Crippen molar-refractivity contribution in [3.05, 3.63) is 23.8 Å². The molecule has 194 valence electrons. The molecule has 14 heteroatoms. The summed E-state index contributed by atoms with van der Waals surface area (Å²) in [6, 6.07) is 4.02. The summed E-state index contributed by atoms with van der Waals surface area (Å²) in [5, 5.41) is 100. The van der Waals surface area contributed by atoms with E-state index in [1.165, 1.54) is 18.2 Å². The summed E-state index contributed by atoms with van der Waals surface area (Å²) in [7, 11) is 0. The van der Waals surface area contributed by atoms with Crippen molar-refractivity contribution in [2.45, 2.75) is 61.5 Å². The highest BCUT2D eigenvalue weighted by Gasteiger charge is 2.47. The molecule has 0 aromatic heterocycles. The van der Waals surface area contributed by atoms with Crippen LogP contribution < -0.4 is 5.32 Å². The fourth-order valence-corrected chi connectivity index (χ4v) is 3.33. The number of amides is 1. The Morgan fingerprint density at radius 2 is 1.71 bits per heavy atom. The van der Waals surface area contributed by atoms with Crippen molar-refractivity contribution in [3.63, 3.8) is 0 Å². The molecule has 1 saturated heterocycles. The average molecular weight is 493 g/mol. The summed E-state index contributed by atoms with van der Waals surface area (Å²) in [6.07, 6.45) is -16.5. The lowest BCUT2D eigenvalue weighted by Gasteiger charge is -2.42. The van der Waals surface area contributed by atoms with E-state index in [1.54, 1.807) is 0 Å². The topological polar surface area (TPSA) is 250 Å². The molecule has 14 nitrogen and oxygen atoms in total. The van der Waals surface area contributed by atoms with Crippen molar-refractivity contribution in [2.24, 2.45) is 0 Å². The number of carbonyl (C=O) groups excluding carboxylic acids is 1. The predicted octanol–water partition coefficient (Wildman–Crippen LogP) is -4.98. The molecule has 2 rings (SSSR count). The van der Waals surface area contributed by atoms with Crippen molar-refractivity contribution >= 4 is 5.91 Å². The maximum atomic E-state index is 12.3. The lowest BCUT2D eigenvalue weighted by molar-refractivity contribution is -0.326. The molecule has 0 spiro atoms. The molecular weight excluding hydrogens is 462 g/mol. The monoisotopic (exact) mass is 493 g/mol. The van der Waals surface area contributed by atoms with Gasteiger partial charge in [0, 0.05) is 6.54 Å². The summed E-state index contributed by atoms with van der Waals surface area (Å²) in [6.45, 7) is -1.81. The normalized spacial score (nSPS) is 28.6. The van der Waals surface area contributed by atoms with E-state index in [4.69, 9.17) is 9.47 Å². The molecule has 34 heavy (non-hydrogen) atoms. The van der Waals surface area contributed by atoms with E-state index in [1.807, 2.05) is 0 Å². The number of benzene rings is 1. The molecular formula is C20H31NO13. The lowest BCUT2D eigenvalue weighted by atomic mass is 9.98. The van der Waals surface area contributed by atoms with Gasteiger partial charge in [-0.15, -0.1) is 0 Å². The number of hydrogen-bond acceptors (Lipinski definition) is 13. The molecule has 1 aromatic rings. The Morgan fingerprint density at radius 3 is 2.29 bits per heavy atom. The maximum absolute atomic E-state index is 12.3. The molecule has 0 saturated carbocycles. The Labute approximate surface area is 193 Å². The summed E-state index contributed by atoms with van der Waals surface area (Å²) < 4.78 is 10.4. The second kappa shape index (κ2) is 12.6. The van der Waals surface area contributed by atoms with Crippen LogP contribution in [0.25, 0.3) is 0 Å². The first-order valence-corrected chi connectivity index (χ1v) is 10.4. The Morgan fingerprint density at radius 1 is 1.03 bits per heavy atom. The van der Waals surface area contributed by atoms with Gasteiger partial charge in [0.2, 0.25) is 0 Å². The average Bonchev–Trinajstić information content (AvgIpc) is 2.82. The van der Waals surface area contributed by atoms with Crippen LogP contribution in [0.1, 0.15) is 5.56 Å². The first-order valence-electron chi connectivity index (χ1n) is 10.4. The highest BCUT2D eigenvalue weighted by molar-refractivity contribution is 5.81. The van der Waals surface area contributed by atoms with Gasteiger partial charge in [-0.25, -0.2) is 0 Å². The van der Waals surface area contributed by atoms with Crippen LogP contribution in [0.15, 0.2) is 18.2 Å². The van der Waals surface area contributed by atoms with Gasteiger partial charge in [0.05, 0.1) is 13.2 Å². The van der Waals surface area contributed by atoms with Gasteiger partial charge in [0.1, 0.15) is 42.7 Å². The van der Waals surface area contributed by atoms with Crippen LogP contribution in [0.5, 0.6) is 11.5 Å². The molecule has 1 aliphatic rings. The van der Waals surface area contributed by atoms with E-state index >= 15 is 0 Å². The minimum absolute atomic E-state index is 0.0480. The largest absolute Gasteiger partial charge is 0.504 e. The third-order valence-electron chi connectivity index (χ3n) is 5.39. The number of aliphatic hydroxyl groups excluding tert-OH is 8. The van der Waals surface area contributed by atoms with Crippen LogP contribution in [0.3, 0.4) is 0 Å². The summed E-state index contributed by atoms with van der Waals surface area (Å²) in [5.74, 6) is -1.76. The van der Waals surface area contributed by atoms with Gasteiger partial charge in [-0.05, 0) is 24.1 Å². The molecule has 0 bridgehead atoms. The van der Waals surface area contributed by atoms with Crippen LogP contribution in [-0.2, 0) is 20.7 Å². The number of phenolic OH excluding ortho intramolecular Hbond substituents is 2. The van der Waals surface area contributed by atoms with Gasteiger partial charge >= 0.3 is 0 Å². The van der Waals surface area contributed by atoms with E-state index in [0.717, 1.165) is 0 Å². The standard InChI is InChI=1S/C20H31NO13/c22-6-11(26)18(34-20-17(31)14(28)13(27)12(7-23)33-20)15(29)16(30)19(32)21-4-3-8-1-2-9(24)10(25)5-8/h1-2,5,11-18,20,22-31H,3-4,6-7H2,(H,21,32)/t11-,12-,13+,14+,15-,16-,17-,18-,20+/m1/s1. The first kappa shape index (κ1) is 28.1. The Balaban J connectivity index is 2.01. The smallest absolute Gasteiger partial charge is 0.251 e. The lowest BCUT2D eigenvalue weighted by Crippen LogP contribution is -2.62. The van der Waals surface area contributed by atoms with Crippen LogP contribution in [-0.4, -0.2) is 132 Å². The predicted molar refractivity (Wildman–Crippen MR) is 110 cm³/mol. The van der Waals surface area contributed by atoms with Crippen molar-refractivity contribution in [1.29, 1.82) is 0 Å². The zero-order valence-electron chi connectivity index (χ0n) is 18.0. The first-order chi connectivity index (χ1) is 16.0. The molecule has 1 amide bonds. The van der Waals surface area contributed by atoms with Gasteiger partial charge in [0.25, 0.3) is 5.91 Å². The van der Waals surface area contributed by atoms with Crippen molar-refractivity contribution in [2.75, 3.05) is 19.8 Å². The zero-order chi connectivity index (χ0) is 25.6. The second-order valence-corrected chi connectivity index (χ2v) is 7.85. The number of carbonyl (C=O) groups is 1. The fraction of sp³-hybridized carbons (Fsp3) is 0.650. The molecule has 9 atom stereocenters. The molecule has 0 aliphatic carbocycles. The van der Waals surface area contributed by atoms with Gasteiger partial charge in [-0.2, -0.15) is 0 Å². The second-order valence-electron chi connectivity index (χ2n) is 7.85. The number of phenols is 2. The maximum Gasteiger partial charge on any atom is 0.251 e. The van der Waals surface area contributed by atoms with E-state index in [-0.39, 0.29) is 24.5 Å². The zero-order valence-corrected chi connectivity index (χ0v) is 18.0. The minimum atomic E-state index is -2.18. The Hall–Kier alpha value is -2.11. The highest BCUT2D eigenvalue weighted by Crippen LogP contribution is 2.26. The summed E-state index contributed by atoms with van der Waals surface area (Å²) >= 11 is 0. The minimum Gasteiger partial charge on any atom is -0.504 e. The van der Waals surface area contributed by atoms with E-state index in [2.05, 4.69) is 5.32 Å². The van der Waals surface area contributed by atoms with Gasteiger partial charge < -0.3 is 65.9 Å². The molecule has 1 aromatic carbocycles. The van der Waals surface area contributed by atoms with Crippen LogP contribution in [0.4, 0.5) is 0 Å². The van der Waals surface area contributed by atoms with Crippen molar-refractivity contribution < 1.29 is 65.3 Å². The van der Waals surface area contributed by atoms with E-state index < -0.39 is 74.2 Å². The number of aromatic hydroxyl groups is 2. The molecule has 1 heterocycles. The van der Waals surface area contributed by atoms with Crippen LogP contribution in [0.2, 0.25) is 0 Å². The Bertz CT molecular complexity index is 794. The number of nitrogens with one attached hydrogen (secondary N) is 1. The number of hydrogen-bond donors (Lipinski definition) is 11. The highest BCUT2D eigenvalue weighted by atomic mass is 16.7. The third kappa shape index (κ3) is 6.73. The van der Waals surface area contributed by atoms with Gasteiger partial charge in [-0.1, -0.05) is 6.07 Å². The van der Waals surface area contributed by atoms with Gasteiger partial charge in [-0.3, -0.25) is 4.79 Å². The number of ether oxygens (including phenoxy) is 2. The summed E-state index contributed by atoms with van der Waals surface area (Å²) in [4.78, 5) is 12.3. The quantitative estimate of drug-likeness (QED) is 0.129. The van der Waals surface area contributed by atoms with Crippen LogP contribution >= 0.6 is 0 Å². The molecule has 0 radical (unpaired) electrons. The van der Waals surface area contributed by atoms with Crippen molar-refractivity contribution in [1.82, 2.24) is 5.32 Å². The molecule has 1 aliphatic heterocycles. The van der Waals surface area contributed by atoms with Crippen molar-refractivity contribution in [3.8, 4) is 11.5 Å². The molecule has 0 unspecified atom stereocenters.